The van der Waals surface area contributed by atoms with E-state index >= 15 is 0 Å². The van der Waals surface area contributed by atoms with Crippen LogP contribution >= 0.6 is 0 Å². The van der Waals surface area contributed by atoms with Crippen LogP contribution in [0.1, 0.15) is 6.92 Å². The van der Waals surface area contributed by atoms with E-state index in [1.807, 2.05) is 30.3 Å². The van der Waals surface area contributed by atoms with Crippen LogP contribution in [0.4, 0.5) is 5.69 Å². The van der Waals surface area contributed by atoms with E-state index in [0.29, 0.717) is 11.5 Å². The van der Waals surface area contributed by atoms with Gasteiger partial charge in [-0.05, 0) is 49.4 Å². The Kier molecular flexibility index (Phi) is 5.84. The Labute approximate surface area is 156 Å². The van der Waals surface area contributed by atoms with E-state index < -0.39 is 11.0 Å². The highest BCUT2D eigenvalue weighted by Crippen LogP contribution is 2.25. The van der Waals surface area contributed by atoms with Gasteiger partial charge in [0.05, 0.1) is 4.92 Å². The monoisotopic (exact) mass is 366 g/mol. The van der Waals surface area contributed by atoms with Gasteiger partial charge in [0.1, 0.15) is 30.0 Å². The number of nitrogens with zero attached hydrogens (tertiary/aromatic N) is 2. The minimum absolute atomic E-state index is 0.0230. The predicted molar refractivity (Wildman–Crippen MR) is 99.4 cm³/mol. The fraction of sp³-hybridized carbons (Fsp3) is 0.150. The van der Waals surface area contributed by atoms with Gasteiger partial charge in [-0.2, -0.15) is 0 Å². The maximum absolute atomic E-state index is 11.0. The van der Waals surface area contributed by atoms with E-state index in [1.54, 1.807) is 31.2 Å². The average Bonchev–Trinajstić information content (AvgIpc) is 2.68. The molecule has 0 fully saturated rings. The number of hydrogen-bond donors (Lipinski definition) is 0. The van der Waals surface area contributed by atoms with Gasteiger partial charge in [0.15, 0.2) is 0 Å². The maximum atomic E-state index is 11.0. The molecule has 1 unspecified atom stereocenters. The molecule has 0 aliphatic heterocycles. The molecular weight excluding hydrogens is 348 g/mol. The summed E-state index contributed by atoms with van der Waals surface area (Å²) in [5.74, 6) is 2.07. The lowest BCUT2D eigenvalue weighted by Gasteiger charge is -2.15. The smallest absolute Gasteiger partial charge is 0.330 e. The predicted octanol–water partition coefficient (Wildman–Crippen LogP) is 4.63. The van der Waals surface area contributed by atoms with Gasteiger partial charge in [-0.25, -0.2) is 4.98 Å². The highest BCUT2D eigenvalue weighted by molar-refractivity contribution is 5.40. The number of aromatic nitrogens is 1. The van der Waals surface area contributed by atoms with E-state index in [-0.39, 0.29) is 18.2 Å². The van der Waals surface area contributed by atoms with Crippen molar-refractivity contribution in [3.8, 4) is 23.1 Å². The Morgan fingerprint density at radius 1 is 0.963 bits per heavy atom. The molecule has 2 aromatic carbocycles. The van der Waals surface area contributed by atoms with Crippen molar-refractivity contribution in [2.75, 3.05) is 6.61 Å². The molecule has 1 atom stereocenters. The summed E-state index contributed by atoms with van der Waals surface area (Å²) in [5, 5.41) is 11.0. The lowest BCUT2D eigenvalue weighted by molar-refractivity contribution is -0.386. The Bertz CT molecular complexity index is 884. The fourth-order valence-corrected chi connectivity index (χ4v) is 2.28. The standard InChI is InChI=1S/C20H18N2O5/c1-15(26-20-19(22(23)24)8-5-13-21-20)14-25-16-9-11-18(12-10-16)27-17-6-3-2-4-7-17/h2-13,15H,14H2,1H3. The zero-order chi connectivity index (χ0) is 19.1. The summed E-state index contributed by atoms with van der Waals surface area (Å²) in [6, 6.07) is 19.5. The quantitative estimate of drug-likeness (QED) is 0.427. The summed E-state index contributed by atoms with van der Waals surface area (Å²) in [6.45, 7) is 1.97. The lowest BCUT2D eigenvalue weighted by atomic mass is 10.3. The number of rotatable bonds is 8. The van der Waals surface area contributed by atoms with Crippen molar-refractivity contribution in [2.24, 2.45) is 0 Å². The van der Waals surface area contributed by atoms with Crippen molar-refractivity contribution in [1.82, 2.24) is 4.98 Å². The molecule has 0 saturated carbocycles. The molecule has 0 aliphatic rings. The topological polar surface area (TPSA) is 83.7 Å². The second-order valence-electron chi connectivity index (χ2n) is 5.71. The SMILES string of the molecule is CC(COc1ccc(Oc2ccccc2)cc1)Oc1ncccc1[N+](=O)[O-]. The van der Waals surface area contributed by atoms with Gasteiger partial charge in [-0.1, -0.05) is 18.2 Å². The van der Waals surface area contributed by atoms with Crippen molar-refractivity contribution in [2.45, 2.75) is 13.0 Å². The summed E-state index contributed by atoms with van der Waals surface area (Å²) >= 11 is 0. The Hall–Kier alpha value is -3.61. The van der Waals surface area contributed by atoms with Crippen LogP contribution in [-0.2, 0) is 0 Å². The first-order valence-corrected chi connectivity index (χ1v) is 8.33. The van der Waals surface area contributed by atoms with Gasteiger partial charge in [0.25, 0.3) is 5.88 Å². The molecule has 3 rings (SSSR count). The molecule has 1 heterocycles. The van der Waals surface area contributed by atoms with Crippen LogP contribution in [0.5, 0.6) is 23.1 Å². The van der Waals surface area contributed by atoms with Crippen LogP contribution in [0.2, 0.25) is 0 Å². The minimum atomic E-state index is -0.526. The zero-order valence-corrected chi connectivity index (χ0v) is 14.6. The van der Waals surface area contributed by atoms with Gasteiger partial charge >= 0.3 is 5.69 Å². The van der Waals surface area contributed by atoms with Crippen LogP contribution in [0.25, 0.3) is 0 Å². The third kappa shape index (κ3) is 5.18. The molecular formula is C20H18N2O5. The highest BCUT2D eigenvalue weighted by atomic mass is 16.6. The molecule has 1 aromatic heterocycles. The molecule has 0 saturated heterocycles. The van der Waals surface area contributed by atoms with E-state index in [2.05, 4.69) is 4.98 Å². The Morgan fingerprint density at radius 3 is 2.33 bits per heavy atom. The van der Waals surface area contributed by atoms with Gasteiger partial charge in [0, 0.05) is 12.3 Å². The molecule has 7 heteroatoms. The summed E-state index contributed by atoms with van der Waals surface area (Å²) in [7, 11) is 0. The van der Waals surface area contributed by atoms with Gasteiger partial charge in [-0.3, -0.25) is 10.1 Å². The van der Waals surface area contributed by atoms with E-state index in [1.165, 1.54) is 18.3 Å². The normalized spacial score (nSPS) is 11.4. The van der Waals surface area contributed by atoms with Gasteiger partial charge in [0.2, 0.25) is 0 Å². The van der Waals surface area contributed by atoms with E-state index in [0.717, 1.165) is 5.75 Å². The molecule has 0 bridgehead atoms. The second kappa shape index (κ2) is 8.66. The van der Waals surface area contributed by atoms with Crippen LogP contribution in [-0.4, -0.2) is 22.6 Å². The average molecular weight is 366 g/mol. The highest BCUT2D eigenvalue weighted by Gasteiger charge is 2.18. The van der Waals surface area contributed by atoms with Crippen molar-refractivity contribution >= 4 is 5.69 Å². The number of hydrogen-bond acceptors (Lipinski definition) is 6. The van der Waals surface area contributed by atoms with Crippen molar-refractivity contribution in [1.29, 1.82) is 0 Å². The largest absolute Gasteiger partial charge is 0.490 e. The summed E-state index contributed by atoms with van der Waals surface area (Å²) in [4.78, 5) is 14.4. The molecule has 0 N–H and O–H groups in total. The van der Waals surface area contributed by atoms with Crippen molar-refractivity contribution in [3.63, 3.8) is 0 Å². The molecule has 0 amide bonds. The first kappa shape index (κ1) is 18.2. The fourth-order valence-electron chi connectivity index (χ4n) is 2.28. The Balaban J connectivity index is 1.53. The summed E-state index contributed by atoms with van der Waals surface area (Å²) < 4.78 is 16.9. The molecule has 0 spiro atoms. The van der Waals surface area contributed by atoms with Crippen LogP contribution in [0, 0.1) is 10.1 Å². The van der Waals surface area contributed by atoms with E-state index in [4.69, 9.17) is 14.2 Å². The minimum Gasteiger partial charge on any atom is -0.490 e. The number of benzene rings is 2. The van der Waals surface area contributed by atoms with Crippen LogP contribution in [0.3, 0.4) is 0 Å². The van der Waals surface area contributed by atoms with Crippen molar-refractivity contribution < 1.29 is 19.1 Å². The molecule has 0 aliphatic carbocycles. The van der Waals surface area contributed by atoms with E-state index in [9.17, 15) is 10.1 Å². The van der Waals surface area contributed by atoms with Crippen LogP contribution < -0.4 is 14.2 Å². The van der Waals surface area contributed by atoms with Crippen LogP contribution in [0.15, 0.2) is 72.9 Å². The molecule has 3 aromatic rings. The summed E-state index contributed by atoms with van der Waals surface area (Å²) in [6.07, 6.45) is 1.03. The number of nitro groups is 1. The van der Waals surface area contributed by atoms with Gasteiger partial charge < -0.3 is 14.2 Å². The molecule has 7 nitrogen and oxygen atoms in total. The third-order valence-corrected chi connectivity index (χ3v) is 3.55. The third-order valence-electron chi connectivity index (χ3n) is 3.55. The zero-order valence-electron chi connectivity index (χ0n) is 14.6. The number of ether oxygens (including phenoxy) is 3. The lowest BCUT2D eigenvalue weighted by Crippen LogP contribution is -2.22. The molecule has 27 heavy (non-hydrogen) atoms. The first-order chi connectivity index (χ1) is 13.1. The number of para-hydroxylation sites is 1. The van der Waals surface area contributed by atoms with Gasteiger partial charge in [-0.15, -0.1) is 0 Å². The first-order valence-electron chi connectivity index (χ1n) is 8.33. The van der Waals surface area contributed by atoms with Crippen molar-refractivity contribution in [3.05, 3.63) is 83.0 Å². The molecule has 0 radical (unpaired) electrons. The second-order valence-corrected chi connectivity index (χ2v) is 5.71. The Morgan fingerprint density at radius 2 is 1.63 bits per heavy atom. The summed E-state index contributed by atoms with van der Waals surface area (Å²) in [5.41, 5.74) is -0.174. The number of pyridine rings is 1. The maximum Gasteiger partial charge on any atom is 0.330 e. The molecule has 138 valence electrons.